The van der Waals surface area contributed by atoms with Crippen LogP contribution in [0.25, 0.3) is 0 Å². The molecule has 0 aromatic rings. The molecule has 0 aromatic heterocycles. The summed E-state index contributed by atoms with van der Waals surface area (Å²) in [5.41, 5.74) is 1.44. The van der Waals surface area contributed by atoms with E-state index in [2.05, 4.69) is 32.2 Å². The average molecular weight is 139 g/mol. The first kappa shape index (κ1) is 7.80. The second-order valence-corrected chi connectivity index (χ2v) is 3.47. The summed E-state index contributed by atoms with van der Waals surface area (Å²) in [6.07, 6.45) is 3.60. The fraction of sp³-hybridized carbons (Fsp3) is 0.778. The van der Waals surface area contributed by atoms with Gasteiger partial charge >= 0.3 is 0 Å². The van der Waals surface area contributed by atoms with E-state index in [1.165, 1.54) is 18.5 Å². The normalized spacial score (nSPS) is 31.1. The Kier molecular flexibility index (Phi) is 2.50. The molecule has 1 aliphatic rings. The monoisotopic (exact) mass is 139 g/mol. The van der Waals surface area contributed by atoms with Crippen molar-refractivity contribution in [1.82, 2.24) is 5.32 Å². The van der Waals surface area contributed by atoms with Crippen LogP contribution in [0.1, 0.15) is 27.2 Å². The Morgan fingerprint density at radius 3 is 2.60 bits per heavy atom. The summed E-state index contributed by atoms with van der Waals surface area (Å²) in [7, 11) is 0. The molecule has 58 valence electrons. The quantitative estimate of drug-likeness (QED) is 0.577. The van der Waals surface area contributed by atoms with Crippen LogP contribution in [-0.2, 0) is 0 Å². The summed E-state index contributed by atoms with van der Waals surface area (Å²) in [5, 5.41) is 3.35. The summed E-state index contributed by atoms with van der Waals surface area (Å²) in [6, 6.07) is 0.746. The Hall–Kier alpha value is -0.300. The van der Waals surface area contributed by atoms with Gasteiger partial charge in [0.15, 0.2) is 0 Å². The van der Waals surface area contributed by atoms with Crippen molar-refractivity contribution in [2.45, 2.75) is 33.2 Å². The third kappa shape index (κ3) is 1.84. The highest BCUT2D eigenvalue weighted by atomic mass is 15.0. The zero-order valence-corrected chi connectivity index (χ0v) is 7.15. The fourth-order valence-corrected chi connectivity index (χ4v) is 1.19. The van der Waals surface area contributed by atoms with Gasteiger partial charge < -0.3 is 5.32 Å². The first-order chi connectivity index (χ1) is 4.70. The van der Waals surface area contributed by atoms with Crippen LogP contribution in [-0.4, -0.2) is 12.6 Å². The second-order valence-electron chi connectivity index (χ2n) is 3.47. The van der Waals surface area contributed by atoms with Crippen molar-refractivity contribution in [3.05, 3.63) is 11.6 Å². The van der Waals surface area contributed by atoms with Gasteiger partial charge in [-0.25, -0.2) is 0 Å². The summed E-state index contributed by atoms with van der Waals surface area (Å²) >= 11 is 0. The Labute approximate surface area is 63.5 Å². The van der Waals surface area contributed by atoms with E-state index in [0.29, 0.717) is 0 Å². The molecule has 1 heteroatoms. The Balaban J connectivity index is 2.20. The molecule has 0 saturated carbocycles. The molecule has 1 fully saturated rings. The molecule has 1 saturated heterocycles. The van der Waals surface area contributed by atoms with Crippen molar-refractivity contribution in [3.63, 3.8) is 0 Å². The van der Waals surface area contributed by atoms with Crippen LogP contribution in [0.2, 0.25) is 0 Å². The lowest BCUT2D eigenvalue weighted by atomic mass is 9.89. The number of hydrogen-bond donors (Lipinski definition) is 1. The number of allylic oxidation sites excluding steroid dienone is 2. The van der Waals surface area contributed by atoms with E-state index < -0.39 is 0 Å². The van der Waals surface area contributed by atoms with Crippen LogP contribution >= 0.6 is 0 Å². The van der Waals surface area contributed by atoms with E-state index >= 15 is 0 Å². The highest BCUT2D eigenvalue weighted by Crippen LogP contribution is 2.17. The fourth-order valence-electron chi connectivity index (χ4n) is 1.19. The van der Waals surface area contributed by atoms with E-state index in [9.17, 15) is 0 Å². The maximum atomic E-state index is 3.35. The Bertz CT molecular complexity index is 134. The van der Waals surface area contributed by atoms with E-state index in [1.807, 2.05) is 0 Å². The molecule has 1 heterocycles. The molecule has 2 unspecified atom stereocenters. The predicted molar refractivity (Wildman–Crippen MR) is 45.0 cm³/mol. The van der Waals surface area contributed by atoms with Crippen LogP contribution in [0.15, 0.2) is 11.6 Å². The van der Waals surface area contributed by atoms with Gasteiger partial charge in [-0.15, -0.1) is 0 Å². The standard InChI is InChI=1S/C9H17N/c1-7(2)4-5-9-6-10-8(9)3/h4,8-10H,5-6H2,1-3H3. The maximum absolute atomic E-state index is 3.35. The summed E-state index contributed by atoms with van der Waals surface area (Å²) in [5.74, 6) is 0.898. The number of hydrogen-bond acceptors (Lipinski definition) is 1. The third-order valence-corrected chi connectivity index (χ3v) is 2.24. The van der Waals surface area contributed by atoms with Gasteiger partial charge in [0, 0.05) is 6.04 Å². The minimum absolute atomic E-state index is 0.746. The first-order valence-electron chi connectivity index (χ1n) is 4.07. The van der Waals surface area contributed by atoms with Gasteiger partial charge in [-0.2, -0.15) is 0 Å². The van der Waals surface area contributed by atoms with Gasteiger partial charge in [0.25, 0.3) is 0 Å². The molecule has 1 aliphatic heterocycles. The van der Waals surface area contributed by atoms with Gasteiger partial charge in [-0.1, -0.05) is 11.6 Å². The van der Waals surface area contributed by atoms with Gasteiger partial charge in [-0.05, 0) is 39.7 Å². The molecule has 0 radical (unpaired) electrons. The first-order valence-corrected chi connectivity index (χ1v) is 4.07. The lowest BCUT2D eigenvalue weighted by Gasteiger charge is -2.34. The van der Waals surface area contributed by atoms with E-state index in [0.717, 1.165) is 12.0 Å². The molecule has 0 aromatic carbocycles. The highest BCUT2D eigenvalue weighted by Gasteiger charge is 2.23. The molecular weight excluding hydrogens is 122 g/mol. The molecule has 1 nitrogen and oxygen atoms in total. The zero-order chi connectivity index (χ0) is 7.56. The van der Waals surface area contributed by atoms with Crippen molar-refractivity contribution in [3.8, 4) is 0 Å². The minimum atomic E-state index is 0.746. The molecule has 1 N–H and O–H groups in total. The van der Waals surface area contributed by atoms with Crippen molar-refractivity contribution < 1.29 is 0 Å². The van der Waals surface area contributed by atoms with Crippen LogP contribution < -0.4 is 5.32 Å². The van der Waals surface area contributed by atoms with Crippen molar-refractivity contribution >= 4 is 0 Å². The zero-order valence-electron chi connectivity index (χ0n) is 7.15. The topological polar surface area (TPSA) is 12.0 Å². The summed E-state index contributed by atoms with van der Waals surface area (Å²) < 4.78 is 0. The van der Waals surface area contributed by atoms with Gasteiger partial charge in [0.05, 0.1) is 0 Å². The van der Waals surface area contributed by atoms with Gasteiger partial charge in [-0.3, -0.25) is 0 Å². The summed E-state index contributed by atoms with van der Waals surface area (Å²) in [4.78, 5) is 0. The SMILES string of the molecule is CC(C)=CCC1CNC1C. The van der Waals surface area contributed by atoms with Crippen molar-refractivity contribution in [2.75, 3.05) is 6.54 Å². The largest absolute Gasteiger partial charge is 0.314 e. The predicted octanol–water partition coefficient (Wildman–Crippen LogP) is 1.95. The third-order valence-electron chi connectivity index (χ3n) is 2.24. The molecule has 0 bridgehead atoms. The van der Waals surface area contributed by atoms with E-state index in [-0.39, 0.29) is 0 Å². The van der Waals surface area contributed by atoms with Crippen LogP contribution in [0.3, 0.4) is 0 Å². The lowest BCUT2D eigenvalue weighted by molar-refractivity contribution is 0.253. The molecule has 10 heavy (non-hydrogen) atoms. The highest BCUT2D eigenvalue weighted by molar-refractivity contribution is 4.98. The number of rotatable bonds is 2. The second kappa shape index (κ2) is 3.20. The van der Waals surface area contributed by atoms with Crippen LogP contribution in [0.4, 0.5) is 0 Å². The lowest BCUT2D eigenvalue weighted by Crippen LogP contribution is -2.50. The summed E-state index contributed by atoms with van der Waals surface area (Å²) in [6.45, 7) is 7.80. The molecule has 0 aliphatic carbocycles. The minimum Gasteiger partial charge on any atom is -0.314 e. The van der Waals surface area contributed by atoms with Gasteiger partial charge in [0.1, 0.15) is 0 Å². The van der Waals surface area contributed by atoms with Crippen molar-refractivity contribution in [2.24, 2.45) is 5.92 Å². The van der Waals surface area contributed by atoms with E-state index in [1.54, 1.807) is 0 Å². The molecule has 0 amide bonds. The van der Waals surface area contributed by atoms with E-state index in [4.69, 9.17) is 0 Å². The molecular formula is C9H17N. The van der Waals surface area contributed by atoms with Crippen LogP contribution in [0.5, 0.6) is 0 Å². The van der Waals surface area contributed by atoms with Crippen LogP contribution in [0, 0.1) is 5.92 Å². The Morgan fingerprint density at radius 2 is 2.30 bits per heavy atom. The Morgan fingerprint density at radius 1 is 1.60 bits per heavy atom. The smallest absolute Gasteiger partial charge is 0.00822 e. The average Bonchev–Trinajstić information content (AvgIpc) is 1.84. The molecule has 1 rings (SSSR count). The molecule has 2 atom stereocenters. The number of nitrogens with one attached hydrogen (secondary N) is 1. The van der Waals surface area contributed by atoms with Gasteiger partial charge in [0.2, 0.25) is 0 Å². The maximum Gasteiger partial charge on any atom is 0.00822 e. The molecule has 0 spiro atoms. The van der Waals surface area contributed by atoms with Crippen molar-refractivity contribution in [1.29, 1.82) is 0 Å².